The summed E-state index contributed by atoms with van der Waals surface area (Å²) in [5.74, 6) is -0.401. The zero-order valence-electron chi connectivity index (χ0n) is 22.7. The third-order valence-corrected chi connectivity index (χ3v) is 7.56. The van der Waals surface area contributed by atoms with Crippen molar-refractivity contribution in [1.29, 1.82) is 0 Å². The van der Waals surface area contributed by atoms with E-state index < -0.39 is 0 Å². The van der Waals surface area contributed by atoms with Crippen molar-refractivity contribution in [2.75, 3.05) is 10.2 Å². The minimum absolute atomic E-state index is 0.0227. The summed E-state index contributed by atoms with van der Waals surface area (Å²) >= 11 is 5.92. The Balaban J connectivity index is 1.61. The molecular weight excluding hydrogens is 509 g/mol. The summed E-state index contributed by atoms with van der Waals surface area (Å²) in [5.41, 5.74) is 7.60. The fraction of sp³-hybridized carbons (Fsp3) is 0.258. The van der Waals surface area contributed by atoms with Gasteiger partial charge >= 0.3 is 0 Å². The van der Waals surface area contributed by atoms with Gasteiger partial charge in [0.05, 0.1) is 17.8 Å². The Labute approximate surface area is 233 Å². The van der Waals surface area contributed by atoms with Crippen molar-refractivity contribution >= 4 is 34.6 Å². The molecule has 1 aliphatic heterocycles. The van der Waals surface area contributed by atoms with E-state index in [0.29, 0.717) is 5.11 Å². The minimum atomic E-state index is -0.267. The molecule has 6 nitrogen and oxygen atoms in total. The number of carbonyl (C=O) groups excluding carboxylic acids is 1. The number of pyridine rings is 1. The second-order valence-electron chi connectivity index (χ2n) is 10.3. The summed E-state index contributed by atoms with van der Waals surface area (Å²) < 4.78 is 15.8. The van der Waals surface area contributed by atoms with Crippen molar-refractivity contribution < 1.29 is 9.18 Å². The molecule has 0 unspecified atom stereocenters. The Hall–Kier alpha value is -4.04. The maximum Gasteiger partial charge on any atom is 0.226 e. The fourth-order valence-corrected chi connectivity index (χ4v) is 5.58. The van der Waals surface area contributed by atoms with Gasteiger partial charge in [-0.1, -0.05) is 19.9 Å². The van der Waals surface area contributed by atoms with Gasteiger partial charge in [0.25, 0.3) is 0 Å². The Morgan fingerprint density at radius 2 is 1.74 bits per heavy atom. The van der Waals surface area contributed by atoms with Crippen LogP contribution >= 0.6 is 12.2 Å². The van der Waals surface area contributed by atoms with Crippen LogP contribution in [0.5, 0.6) is 0 Å². The number of carbonyl (C=O) groups is 1. The Bertz CT molecular complexity index is 1530. The van der Waals surface area contributed by atoms with Gasteiger partial charge < -0.3 is 20.1 Å². The summed E-state index contributed by atoms with van der Waals surface area (Å²) in [6, 6.07) is 20.2. The normalized spacial score (nSPS) is 17.0. The molecule has 39 heavy (non-hydrogen) atoms. The summed E-state index contributed by atoms with van der Waals surface area (Å²) in [6.45, 7) is 9.86. The van der Waals surface area contributed by atoms with Gasteiger partial charge in [-0.3, -0.25) is 9.78 Å². The van der Waals surface area contributed by atoms with Crippen LogP contribution in [-0.4, -0.2) is 20.6 Å². The number of hydrogen-bond acceptors (Lipinski definition) is 3. The molecule has 0 radical (unpaired) electrons. The fourth-order valence-electron chi connectivity index (χ4n) is 5.24. The molecule has 3 heterocycles. The predicted molar refractivity (Wildman–Crippen MR) is 158 cm³/mol. The first kappa shape index (κ1) is 26.6. The minimum Gasteiger partial charge on any atom is -0.351 e. The topological polar surface area (TPSA) is 62.2 Å². The third-order valence-electron chi connectivity index (χ3n) is 7.24. The molecule has 1 amide bonds. The van der Waals surface area contributed by atoms with Crippen LogP contribution in [0.3, 0.4) is 0 Å². The first-order chi connectivity index (χ1) is 18.7. The number of halogens is 1. The predicted octanol–water partition coefficient (Wildman–Crippen LogP) is 6.71. The number of benzene rings is 2. The Kier molecular flexibility index (Phi) is 7.23. The number of hydrogen-bond donors (Lipinski definition) is 2. The van der Waals surface area contributed by atoms with E-state index in [-0.39, 0.29) is 29.7 Å². The monoisotopic (exact) mass is 541 g/mol. The largest absolute Gasteiger partial charge is 0.351 e. The van der Waals surface area contributed by atoms with Crippen molar-refractivity contribution in [2.45, 2.75) is 46.7 Å². The quantitative estimate of drug-likeness (QED) is 0.266. The van der Waals surface area contributed by atoms with E-state index in [2.05, 4.69) is 51.1 Å². The van der Waals surface area contributed by atoms with Crippen molar-refractivity contribution in [3.8, 4) is 5.69 Å². The molecular formula is C31H32FN5OS. The number of nitrogens with zero attached hydrogens (tertiary/aromatic N) is 3. The molecule has 8 heteroatoms. The first-order valence-electron chi connectivity index (χ1n) is 13.0. The number of nitrogens with one attached hydrogen (secondary N) is 2. The highest BCUT2D eigenvalue weighted by Gasteiger charge is 2.42. The lowest BCUT2D eigenvalue weighted by atomic mass is 9.96. The van der Waals surface area contributed by atoms with Crippen molar-refractivity contribution in [3.63, 3.8) is 0 Å². The molecule has 2 aromatic carbocycles. The van der Waals surface area contributed by atoms with Crippen molar-refractivity contribution in [3.05, 3.63) is 107 Å². The second-order valence-corrected chi connectivity index (χ2v) is 10.7. The molecule has 200 valence electrons. The van der Waals surface area contributed by atoms with E-state index in [1.54, 1.807) is 18.3 Å². The average Bonchev–Trinajstić information content (AvgIpc) is 3.41. The highest BCUT2D eigenvalue weighted by Crippen LogP contribution is 2.44. The van der Waals surface area contributed by atoms with Crippen LogP contribution in [0.1, 0.15) is 54.1 Å². The molecule has 1 aliphatic rings. The molecule has 2 atom stereocenters. The van der Waals surface area contributed by atoms with E-state index in [9.17, 15) is 9.18 Å². The summed E-state index contributed by atoms with van der Waals surface area (Å²) in [6.07, 6.45) is 1.79. The highest BCUT2D eigenvalue weighted by molar-refractivity contribution is 7.80. The maximum atomic E-state index is 13.7. The van der Waals surface area contributed by atoms with E-state index in [1.807, 2.05) is 51.1 Å². The molecule has 1 saturated heterocycles. The van der Waals surface area contributed by atoms with Gasteiger partial charge in [0.1, 0.15) is 5.82 Å². The molecule has 0 spiro atoms. The van der Waals surface area contributed by atoms with Gasteiger partial charge in [0, 0.05) is 40.6 Å². The van der Waals surface area contributed by atoms with E-state index >= 15 is 0 Å². The Morgan fingerprint density at radius 1 is 1.03 bits per heavy atom. The van der Waals surface area contributed by atoms with Crippen LogP contribution in [0.25, 0.3) is 5.69 Å². The van der Waals surface area contributed by atoms with Crippen molar-refractivity contribution in [1.82, 2.24) is 14.9 Å². The molecule has 5 rings (SSSR count). The lowest BCUT2D eigenvalue weighted by Gasteiger charge is -2.29. The van der Waals surface area contributed by atoms with Crippen LogP contribution in [0.15, 0.2) is 72.9 Å². The highest BCUT2D eigenvalue weighted by atomic mass is 32.1. The molecule has 2 N–H and O–H groups in total. The maximum absolute atomic E-state index is 13.7. The van der Waals surface area contributed by atoms with Crippen LogP contribution in [0.2, 0.25) is 0 Å². The molecule has 2 aromatic heterocycles. The van der Waals surface area contributed by atoms with Crippen LogP contribution in [0, 0.1) is 32.5 Å². The van der Waals surface area contributed by atoms with Crippen LogP contribution in [-0.2, 0) is 4.79 Å². The molecule has 1 fully saturated rings. The number of anilines is 2. The number of aryl methyl sites for hydroxylation is 2. The average molecular weight is 542 g/mol. The number of aromatic nitrogens is 2. The summed E-state index contributed by atoms with van der Waals surface area (Å²) in [4.78, 5) is 19.1. The molecule has 0 saturated carbocycles. The second kappa shape index (κ2) is 10.6. The lowest BCUT2D eigenvalue weighted by Crippen LogP contribution is -2.29. The van der Waals surface area contributed by atoms with Gasteiger partial charge in [-0.05, 0) is 105 Å². The van der Waals surface area contributed by atoms with Crippen LogP contribution in [0.4, 0.5) is 15.8 Å². The zero-order valence-corrected chi connectivity index (χ0v) is 23.5. The SMILES string of the molecule is Cc1cc(N2C(=S)N[C@@H](c3ccccn3)[C@H]2c2cc(C)n(-c3ccc(F)cc3)c2C)ccc1NC(=O)C(C)C. The van der Waals surface area contributed by atoms with Crippen molar-refractivity contribution in [2.24, 2.45) is 5.92 Å². The van der Waals surface area contributed by atoms with E-state index in [4.69, 9.17) is 12.2 Å². The lowest BCUT2D eigenvalue weighted by molar-refractivity contribution is -0.118. The number of rotatable bonds is 6. The van der Waals surface area contributed by atoms with E-state index in [0.717, 1.165) is 45.3 Å². The van der Waals surface area contributed by atoms with Gasteiger partial charge in [0.15, 0.2) is 5.11 Å². The van der Waals surface area contributed by atoms with Gasteiger partial charge in [-0.25, -0.2) is 4.39 Å². The Morgan fingerprint density at radius 3 is 2.38 bits per heavy atom. The molecule has 4 aromatic rings. The summed E-state index contributed by atoms with van der Waals surface area (Å²) in [5, 5.41) is 7.13. The van der Waals surface area contributed by atoms with Crippen LogP contribution < -0.4 is 15.5 Å². The smallest absolute Gasteiger partial charge is 0.226 e. The standard InChI is InChI=1S/C31H32FN5OS/c1-18(2)30(38)34-26-14-13-24(16-19(26)3)37-29(28(35-31(37)39)27-8-6-7-15-33-27)25-17-20(4)36(21(25)5)23-11-9-22(32)10-12-23/h6-18,28-29H,1-5H3,(H,34,38)(H,35,39)/t28-,29+/m0/s1. The van der Waals surface area contributed by atoms with Gasteiger partial charge in [-0.2, -0.15) is 0 Å². The zero-order chi connectivity index (χ0) is 27.8. The summed E-state index contributed by atoms with van der Waals surface area (Å²) in [7, 11) is 0. The number of amides is 1. The molecule has 0 bridgehead atoms. The van der Waals surface area contributed by atoms with Gasteiger partial charge in [0.2, 0.25) is 5.91 Å². The molecule has 0 aliphatic carbocycles. The van der Waals surface area contributed by atoms with E-state index in [1.165, 1.54) is 12.1 Å². The van der Waals surface area contributed by atoms with Gasteiger partial charge in [-0.15, -0.1) is 0 Å². The third kappa shape index (κ3) is 5.04. The number of thiocarbonyl (C=S) groups is 1. The first-order valence-corrected chi connectivity index (χ1v) is 13.4.